The number of rotatable bonds is 7. The van der Waals surface area contributed by atoms with Gasteiger partial charge in [0, 0.05) is 24.3 Å². The van der Waals surface area contributed by atoms with Crippen LogP contribution in [0.2, 0.25) is 0 Å². The van der Waals surface area contributed by atoms with Crippen LogP contribution >= 0.6 is 12.2 Å². The Balaban J connectivity index is 2.52. The number of hydrogen-bond acceptors (Lipinski definition) is 4. The highest BCUT2D eigenvalue weighted by molar-refractivity contribution is 7.88. The van der Waals surface area contributed by atoms with E-state index >= 15 is 0 Å². The molecule has 0 unspecified atom stereocenters. The molecule has 0 atom stereocenters. The van der Waals surface area contributed by atoms with Crippen molar-refractivity contribution in [1.29, 1.82) is 0 Å². The van der Waals surface area contributed by atoms with Gasteiger partial charge in [0.1, 0.15) is 10.8 Å². The van der Waals surface area contributed by atoms with Crippen molar-refractivity contribution in [3.63, 3.8) is 0 Å². The van der Waals surface area contributed by atoms with Gasteiger partial charge in [-0.3, -0.25) is 0 Å². The largest absolute Gasteiger partial charge is 0.389 e. The minimum Gasteiger partial charge on any atom is -0.389 e. The maximum atomic E-state index is 13.1. The molecule has 4 N–H and O–H groups in total. The van der Waals surface area contributed by atoms with E-state index in [2.05, 4.69) is 10.0 Å². The first-order chi connectivity index (χ1) is 8.79. The number of sulfonamides is 1. The number of anilines is 1. The van der Waals surface area contributed by atoms with Crippen LogP contribution < -0.4 is 15.8 Å². The molecule has 1 aromatic carbocycles. The molecule has 0 heterocycles. The van der Waals surface area contributed by atoms with Crippen LogP contribution in [-0.2, 0) is 10.0 Å². The number of hydrogen-bond donors (Lipinski definition) is 3. The van der Waals surface area contributed by atoms with Crippen LogP contribution in [-0.4, -0.2) is 32.8 Å². The molecule has 0 aliphatic heterocycles. The minimum atomic E-state index is -3.16. The van der Waals surface area contributed by atoms with E-state index in [0.29, 0.717) is 30.8 Å². The van der Waals surface area contributed by atoms with Crippen LogP contribution in [0.15, 0.2) is 18.2 Å². The van der Waals surface area contributed by atoms with Gasteiger partial charge < -0.3 is 11.1 Å². The van der Waals surface area contributed by atoms with E-state index in [1.54, 1.807) is 6.07 Å². The van der Waals surface area contributed by atoms with Crippen molar-refractivity contribution in [3.05, 3.63) is 29.6 Å². The van der Waals surface area contributed by atoms with Crippen LogP contribution in [0.5, 0.6) is 0 Å². The van der Waals surface area contributed by atoms with Gasteiger partial charge >= 0.3 is 0 Å². The smallest absolute Gasteiger partial charge is 0.208 e. The molecule has 8 heteroatoms. The van der Waals surface area contributed by atoms with Crippen LogP contribution in [0.25, 0.3) is 0 Å². The van der Waals surface area contributed by atoms with Gasteiger partial charge in [0.05, 0.1) is 6.26 Å². The zero-order chi connectivity index (χ0) is 14.5. The summed E-state index contributed by atoms with van der Waals surface area (Å²) in [5, 5.41) is 3.04. The summed E-state index contributed by atoms with van der Waals surface area (Å²) in [6, 6.07) is 4.12. The highest BCUT2D eigenvalue weighted by Gasteiger charge is 2.06. The Bertz CT molecular complexity index is 561. The van der Waals surface area contributed by atoms with Crippen molar-refractivity contribution in [1.82, 2.24) is 4.72 Å². The SMILES string of the molecule is CS(=O)(=O)NCCCNc1ccc(F)cc1C(N)=S. The van der Waals surface area contributed by atoms with Crippen molar-refractivity contribution in [2.24, 2.45) is 5.73 Å². The van der Waals surface area contributed by atoms with Crippen LogP contribution in [0, 0.1) is 5.82 Å². The molecular weight excluding hydrogens is 289 g/mol. The summed E-state index contributed by atoms with van der Waals surface area (Å²) in [7, 11) is -3.16. The van der Waals surface area contributed by atoms with Crippen LogP contribution in [0.1, 0.15) is 12.0 Å². The van der Waals surface area contributed by atoms with Crippen LogP contribution in [0.3, 0.4) is 0 Å². The Morgan fingerprint density at radius 1 is 1.42 bits per heavy atom. The van der Waals surface area contributed by atoms with Gasteiger partial charge in [0.2, 0.25) is 10.0 Å². The zero-order valence-corrected chi connectivity index (χ0v) is 12.1. The predicted octanol–water partition coefficient (Wildman–Crippen LogP) is 0.811. The molecule has 0 radical (unpaired) electrons. The Labute approximate surface area is 117 Å². The van der Waals surface area contributed by atoms with Crippen molar-refractivity contribution in [2.75, 3.05) is 24.7 Å². The van der Waals surface area contributed by atoms with E-state index < -0.39 is 15.8 Å². The maximum absolute atomic E-state index is 13.1. The molecular formula is C11H16FN3O2S2. The fourth-order valence-corrected chi connectivity index (χ4v) is 2.13. The van der Waals surface area contributed by atoms with Gasteiger partial charge in [-0.25, -0.2) is 17.5 Å². The quantitative estimate of drug-likeness (QED) is 0.513. The molecule has 1 rings (SSSR count). The lowest BCUT2D eigenvalue weighted by molar-refractivity contribution is 0.586. The Morgan fingerprint density at radius 2 is 2.11 bits per heavy atom. The van der Waals surface area contributed by atoms with Gasteiger partial charge in [-0.1, -0.05) is 12.2 Å². The molecule has 0 saturated carbocycles. The summed E-state index contributed by atoms with van der Waals surface area (Å²) in [6.45, 7) is 0.846. The van der Waals surface area contributed by atoms with E-state index in [9.17, 15) is 12.8 Å². The Morgan fingerprint density at radius 3 is 2.68 bits per heavy atom. The minimum absolute atomic E-state index is 0.108. The molecule has 0 aliphatic rings. The third-order valence-corrected chi connectivity index (χ3v) is 3.23. The molecule has 19 heavy (non-hydrogen) atoms. The zero-order valence-electron chi connectivity index (χ0n) is 10.4. The summed E-state index contributed by atoms with van der Waals surface area (Å²) in [5.41, 5.74) is 6.57. The second kappa shape index (κ2) is 6.78. The summed E-state index contributed by atoms with van der Waals surface area (Å²) < 4.78 is 37.1. The standard InChI is InChI=1S/C11H16FN3O2S2/c1-19(16,17)15-6-2-5-14-10-4-3-8(12)7-9(10)11(13)18/h3-4,7,14-15H,2,5-6H2,1H3,(H2,13,18). The monoisotopic (exact) mass is 305 g/mol. The summed E-state index contributed by atoms with van der Waals surface area (Å²) >= 11 is 4.84. The van der Waals surface area contributed by atoms with Gasteiger partial charge in [-0.15, -0.1) is 0 Å². The van der Waals surface area contributed by atoms with Crippen molar-refractivity contribution < 1.29 is 12.8 Å². The number of halogens is 1. The molecule has 5 nitrogen and oxygen atoms in total. The molecule has 0 fully saturated rings. The summed E-state index contributed by atoms with van der Waals surface area (Å²) in [6.07, 6.45) is 1.69. The number of thiocarbonyl (C=S) groups is 1. The lowest BCUT2D eigenvalue weighted by atomic mass is 10.1. The molecule has 0 aromatic heterocycles. The third-order valence-electron chi connectivity index (χ3n) is 2.28. The van der Waals surface area contributed by atoms with E-state index in [1.165, 1.54) is 12.1 Å². The van der Waals surface area contributed by atoms with Crippen LogP contribution in [0.4, 0.5) is 10.1 Å². The van der Waals surface area contributed by atoms with E-state index in [1.807, 2.05) is 0 Å². The Kier molecular flexibility index (Phi) is 5.64. The van der Waals surface area contributed by atoms with Gasteiger partial charge in [-0.05, 0) is 24.6 Å². The first-order valence-corrected chi connectivity index (χ1v) is 7.87. The van der Waals surface area contributed by atoms with Gasteiger partial charge in [0.15, 0.2) is 0 Å². The molecule has 1 aromatic rings. The lowest BCUT2D eigenvalue weighted by Gasteiger charge is -2.11. The van der Waals surface area contributed by atoms with Gasteiger partial charge in [0.25, 0.3) is 0 Å². The number of benzene rings is 1. The fraction of sp³-hybridized carbons (Fsp3) is 0.364. The lowest BCUT2D eigenvalue weighted by Crippen LogP contribution is -2.24. The average Bonchev–Trinajstić information content (AvgIpc) is 2.28. The Hall–Kier alpha value is -1.25. The maximum Gasteiger partial charge on any atom is 0.208 e. The third kappa shape index (κ3) is 5.95. The number of nitrogens with two attached hydrogens (primary N) is 1. The molecule has 0 saturated heterocycles. The van der Waals surface area contributed by atoms with Crippen molar-refractivity contribution in [3.8, 4) is 0 Å². The summed E-state index contributed by atoms with van der Waals surface area (Å²) in [4.78, 5) is 0.108. The molecule has 0 aliphatic carbocycles. The normalized spacial score (nSPS) is 11.3. The topological polar surface area (TPSA) is 84.2 Å². The second-order valence-corrected chi connectivity index (χ2v) is 6.27. The van der Waals surface area contributed by atoms with Gasteiger partial charge in [-0.2, -0.15) is 0 Å². The predicted molar refractivity (Wildman–Crippen MR) is 78.2 cm³/mol. The number of nitrogens with one attached hydrogen (secondary N) is 2. The van der Waals surface area contributed by atoms with E-state index in [-0.39, 0.29) is 4.99 Å². The van der Waals surface area contributed by atoms with E-state index in [4.69, 9.17) is 18.0 Å². The average molecular weight is 305 g/mol. The highest BCUT2D eigenvalue weighted by atomic mass is 32.2. The molecule has 0 spiro atoms. The molecule has 0 amide bonds. The first-order valence-electron chi connectivity index (χ1n) is 5.57. The second-order valence-electron chi connectivity index (χ2n) is 4.00. The molecule has 106 valence electrons. The first kappa shape index (κ1) is 15.8. The highest BCUT2D eigenvalue weighted by Crippen LogP contribution is 2.16. The molecule has 0 bridgehead atoms. The summed E-state index contributed by atoms with van der Waals surface area (Å²) in [5.74, 6) is -0.410. The van der Waals surface area contributed by atoms with E-state index in [0.717, 1.165) is 6.26 Å². The van der Waals surface area contributed by atoms with Crippen molar-refractivity contribution >= 4 is 32.9 Å². The van der Waals surface area contributed by atoms with Crippen molar-refractivity contribution in [2.45, 2.75) is 6.42 Å². The fourth-order valence-electron chi connectivity index (χ4n) is 1.44.